The van der Waals surface area contributed by atoms with Gasteiger partial charge in [-0.25, -0.2) is 4.79 Å². The molecule has 0 aliphatic carbocycles. The van der Waals surface area contributed by atoms with E-state index in [0.29, 0.717) is 6.42 Å². The fraction of sp³-hybridized carbons (Fsp3) is 0.824. The molecule has 10 heteroatoms. The van der Waals surface area contributed by atoms with Crippen molar-refractivity contribution in [3.05, 3.63) is 12.7 Å². The second kappa shape index (κ2) is 10.1. The largest absolute Gasteiger partial charge is 0.500 e. The van der Waals surface area contributed by atoms with E-state index in [1.165, 1.54) is 0 Å². The van der Waals surface area contributed by atoms with Crippen molar-refractivity contribution >= 4 is 39.7 Å². The van der Waals surface area contributed by atoms with Crippen molar-refractivity contribution in [3.8, 4) is 0 Å². The van der Waals surface area contributed by atoms with Crippen LogP contribution in [-0.2, 0) is 26.6 Å². The Bertz CT molecular complexity index is 452. The summed E-state index contributed by atoms with van der Waals surface area (Å²) in [6.45, 7) is 26.3. The number of ether oxygens (including phenoxy) is 2. The van der Waals surface area contributed by atoms with Crippen LogP contribution in [0.4, 0.5) is 0 Å². The highest BCUT2D eigenvalue weighted by molar-refractivity contribution is 6.90. The normalized spacial score (nSPS) is 16.0. The lowest BCUT2D eigenvalue weighted by molar-refractivity contribution is -0.176. The van der Waals surface area contributed by atoms with E-state index >= 15 is 0 Å². The Morgan fingerprint density at radius 3 is 1.52 bits per heavy atom. The van der Waals surface area contributed by atoms with E-state index in [1.54, 1.807) is 6.92 Å². The van der Waals surface area contributed by atoms with E-state index in [2.05, 4.69) is 65.5 Å². The van der Waals surface area contributed by atoms with Crippen LogP contribution < -0.4 is 0 Å². The summed E-state index contributed by atoms with van der Waals surface area (Å²) < 4.78 is 31.4. The maximum absolute atomic E-state index is 11.5. The average molecular weight is 453 g/mol. The lowest BCUT2D eigenvalue weighted by Gasteiger charge is -2.46. The monoisotopic (exact) mass is 452 g/mol. The van der Waals surface area contributed by atoms with Crippen LogP contribution in [0.25, 0.3) is 0 Å². The van der Waals surface area contributed by atoms with Gasteiger partial charge in [-0.2, -0.15) is 0 Å². The standard InChI is InChI=1S/C17H40O6Si4/c1-13-16(18)19-15(3)20-17(14-2)27(21-24(4,5)6,22-25(7,8)9)23-26(10,11)12/h13,15,17H,1,14H2,2-12H3. The van der Waals surface area contributed by atoms with E-state index in [0.717, 1.165) is 6.08 Å². The molecule has 0 amide bonds. The molecule has 0 aliphatic heterocycles. The first kappa shape index (κ1) is 26.9. The first-order valence-electron chi connectivity index (χ1n) is 9.52. The molecule has 0 aromatic heterocycles. The summed E-state index contributed by atoms with van der Waals surface area (Å²) >= 11 is 0. The molecule has 0 aromatic carbocycles. The number of esters is 1. The van der Waals surface area contributed by atoms with E-state index < -0.39 is 51.7 Å². The minimum absolute atomic E-state index is 0.407. The lowest BCUT2D eigenvalue weighted by Crippen LogP contribution is -2.67. The van der Waals surface area contributed by atoms with Crippen molar-refractivity contribution in [2.45, 2.75) is 91.2 Å². The maximum Gasteiger partial charge on any atom is 0.500 e. The molecular formula is C17H40O6Si4. The zero-order chi connectivity index (χ0) is 21.7. The van der Waals surface area contributed by atoms with Gasteiger partial charge < -0.3 is 21.8 Å². The molecule has 0 aromatic rings. The van der Waals surface area contributed by atoms with Crippen molar-refractivity contribution in [2.24, 2.45) is 0 Å². The molecule has 0 bridgehead atoms. The summed E-state index contributed by atoms with van der Waals surface area (Å²) in [5.74, 6) is -0.520. The highest BCUT2D eigenvalue weighted by atomic mass is 28.5. The maximum atomic E-state index is 11.5. The summed E-state index contributed by atoms with van der Waals surface area (Å²) in [4.78, 5) is 11.5. The highest BCUT2D eigenvalue weighted by Gasteiger charge is 2.56. The first-order valence-corrected chi connectivity index (χ1v) is 21.5. The molecule has 27 heavy (non-hydrogen) atoms. The molecule has 6 nitrogen and oxygen atoms in total. The van der Waals surface area contributed by atoms with Crippen LogP contribution in [0.5, 0.6) is 0 Å². The first-order chi connectivity index (χ1) is 11.9. The van der Waals surface area contributed by atoms with Crippen molar-refractivity contribution in [1.82, 2.24) is 0 Å². The molecule has 0 rings (SSSR count). The molecule has 0 fully saturated rings. The molecule has 160 valence electrons. The summed E-state index contributed by atoms with van der Waals surface area (Å²) in [7, 11) is -9.24. The van der Waals surface area contributed by atoms with Crippen molar-refractivity contribution in [2.75, 3.05) is 0 Å². The molecular weight excluding hydrogens is 413 g/mol. The van der Waals surface area contributed by atoms with Crippen molar-refractivity contribution in [3.63, 3.8) is 0 Å². The Balaban J connectivity index is 6.02. The molecule has 0 saturated carbocycles. The summed E-state index contributed by atoms with van der Waals surface area (Å²) in [5.41, 5.74) is -0.407. The van der Waals surface area contributed by atoms with E-state index in [-0.39, 0.29) is 0 Å². The molecule has 2 atom stereocenters. The zero-order valence-electron chi connectivity index (χ0n) is 19.1. The molecule has 2 unspecified atom stereocenters. The predicted molar refractivity (Wildman–Crippen MR) is 120 cm³/mol. The third-order valence-corrected chi connectivity index (χ3v) is 15.0. The van der Waals surface area contributed by atoms with Crippen LogP contribution in [0.2, 0.25) is 58.9 Å². The summed E-state index contributed by atoms with van der Waals surface area (Å²) in [6, 6.07) is 0. The Hall–Kier alpha value is -0.0825. The van der Waals surface area contributed by atoms with Crippen molar-refractivity contribution < 1.29 is 26.6 Å². The third kappa shape index (κ3) is 11.5. The molecule has 0 saturated heterocycles. The van der Waals surface area contributed by atoms with Gasteiger partial charge in [0.15, 0.2) is 25.0 Å². The fourth-order valence-corrected chi connectivity index (χ4v) is 16.7. The fourth-order valence-electron chi connectivity index (χ4n) is 2.44. The topological polar surface area (TPSA) is 63.2 Å². The van der Waals surface area contributed by atoms with Gasteiger partial charge in [0.25, 0.3) is 0 Å². The zero-order valence-corrected chi connectivity index (χ0v) is 23.1. The third-order valence-electron chi connectivity index (χ3n) is 2.92. The number of hydrogen-bond acceptors (Lipinski definition) is 6. The molecule has 0 heterocycles. The van der Waals surface area contributed by atoms with Gasteiger partial charge in [-0.3, -0.25) is 0 Å². The van der Waals surface area contributed by atoms with Crippen LogP contribution in [0.3, 0.4) is 0 Å². The second-order valence-electron chi connectivity index (χ2n) is 9.49. The van der Waals surface area contributed by atoms with Gasteiger partial charge in [0, 0.05) is 6.08 Å². The quantitative estimate of drug-likeness (QED) is 0.182. The lowest BCUT2D eigenvalue weighted by atomic mass is 10.5. The Morgan fingerprint density at radius 1 is 0.889 bits per heavy atom. The minimum Gasteiger partial charge on any atom is -0.433 e. The SMILES string of the molecule is C=CC(=O)OC(C)OC(CC)[Si](O[Si](C)(C)C)(O[Si](C)(C)C)O[Si](C)(C)C. The molecule has 0 radical (unpaired) electrons. The second-order valence-corrected chi connectivity index (χ2v) is 26.5. The van der Waals surface area contributed by atoms with Gasteiger partial charge in [0.1, 0.15) is 5.73 Å². The average Bonchev–Trinajstić information content (AvgIpc) is 2.38. The number of carbonyl (C=O) groups excluding carboxylic acids is 1. The number of hydrogen-bond donors (Lipinski definition) is 0. The van der Waals surface area contributed by atoms with Crippen LogP contribution in [-0.4, -0.2) is 51.7 Å². The molecule has 0 aliphatic rings. The van der Waals surface area contributed by atoms with Gasteiger partial charge in [-0.05, 0) is 72.3 Å². The Morgan fingerprint density at radius 2 is 1.26 bits per heavy atom. The number of carbonyl (C=O) groups is 1. The van der Waals surface area contributed by atoms with Crippen molar-refractivity contribution in [1.29, 1.82) is 0 Å². The smallest absolute Gasteiger partial charge is 0.433 e. The van der Waals surface area contributed by atoms with Crippen LogP contribution in [0, 0.1) is 0 Å². The summed E-state index contributed by atoms with van der Waals surface area (Å²) in [6.07, 6.45) is 1.02. The predicted octanol–water partition coefficient (Wildman–Crippen LogP) is 4.89. The molecule has 0 spiro atoms. The highest BCUT2D eigenvalue weighted by Crippen LogP contribution is 2.31. The van der Waals surface area contributed by atoms with Crippen LogP contribution >= 0.6 is 0 Å². The van der Waals surface area contributed by atoms with Gasteiger partial charge in [0.05, 0.1) is 0 Å². The van der Waals surface area contributed by atoms with Gasteiger partial charge in [-0.1, -0.05) is 13.5 Å². The van der Waals surface area contributed by atoms with Crippen LogP contribution in [0.15, 0.2) is 12.7 Å². The molecule has 0 N–H and O–H groups in total. The van der Waals surface area contributed by atoms with Gasteiger partial charge in [-0.15, -0.1) is 0 Å². The minimum atomic E-state index is -3.21. The number of rotatable bonds is 12. The Kier molecular flexibility index (Phi) is 10.1. The van der Waals surface area contributed by atoms with E-state index in [9.17, 15) is 4.79 Å². The van der Waals surface area contributed by atoms with Crippen LogP contribution in [0.1, 0.15) is 20.3 Å². The summed E-state index contributed by atoms with van der Waals surface area (Å²) in [5, 5.41) is 0. The van der Waals surface area contributed by atoms with E-state index in [4.69, 9.17) is 21.8 Å². The van der Waals surface area contributed by atoms with Gasteiger partial charge >= 0.3 is 14.8 Å². The van der Waals surface area contributed by atoms with Gasteiger partial charge in [0.2, 0.25) is 6.29 Å². The Labute approximate surface area is 170 Å². The van der Waals surface area contributed by atoms with E-state index in [1.807, 2.05) is 6.92 Å².